The molecule has 88 valence electrons. The number of carbonyl (C=O) groups excluding carboxylic acids is 1. The molecule has 0 aliphatic rings. The van der Waals surface area contributed by atoms with E-state index in [9.17, 15) is 4.79 Å². The third kappa shape index (κ3) is 2.50. The van der Waals surface area contributed by atoms with Gasteiger partial charge in [0, 0.05) is 14.2 Å². The van der Waals surface area contributed by atoms with Gasteiger partial charge in [0.1, 0.15) is 5.75 Å². The first-order chi connectivity index (χ1) is 7.68. The van der Waals surface area contributed by atoms with Crippen LogP contribution in [0.3, 0.4) is 0 Å². The fourth-order valence-electron chi connectivity index (χ4n) is 1.14. The fourth-order valence-corrected chi connectivity index (χ4v) is 1.14. The summed E-state index contributed by atoms with van der Waals surface area (Å²) >= 11 is 0. The molecule has 0 bridgehead atoms. The van der Waals surface area contributed by atoms with Crippen molar-refractivity contribution in [2.75, 3.05) is 21.3 Å². The van der Waals surface area contributed by atoms with E-state index >= 15 is 0 Å². The second-order valence-corrected chi connectivity index (χ2v) is 2.87. The first-order valence-electron chi connectivity index (χ1n) is 4.61. The smallest absolute Gasteiger partial charge is 0.431 e. The van der Waals surface area contributed by atoms with Crippen LogP contribution in [0, 0.1) is 0 Å². The highest BCUT2D eigenvalue weighted by atomic mass is 16.9. The minimum Gasteiger partial charge on any atom is -0.462 e. The van der Waals surface area contributed by atoms with Crippen molar-refractivity contribution >= 4 is 5.97 Å². The Labute approximate surface area is 93.9 Å². The highest BCUT2D eigenvalue weighted by Crippen LogP contribution is 2.20. The Kier molecular flexibility index (Phi) is 4.28. The number of carbonyl (C=O) groups is 1. The lowest BCUT2D eigenvalue weighted by Crippen LogP contribution is -2.49. The number of hydrogen-bond donors (Lipinski definition) is 0. The molecule has 0 heterocycles. The van der Waals surface area contributed by atoms with Crippen LogP contribution in [0.2, 0.25) is 0 Å². The zero-order valence-corrected chi connectivity index (χ0v) is 9.43. The second kappa shape index (κ2) is 5.48. The van der Waals surface area contributed by atoms with Crippen molar-refractivity contribution in [3.05, 3.63) is 30.3 Å². The predicted octanol–water partition coefficient (Wildman–Crippen LogP) is 1.18. The second-order valence-electron chi connectivity index (χ2n) is 2.87. The minimum absolute atomic E-state index is 0.441. The quantitative estimate of drug-likeness (QED) is 0.557. The largest absolute Gasteiger partial charge is 0.462 e. The number of para-hydroxylation sites is 1. The first-order valence-corrected chi connectivity index (χ1v) is 4.61. The van der Waals surface area contributed by atoms with Gasteiger partial charge >= 0.3 is 11.9 Å². The van der Waals surface area contributed by atoms with Crippen LogP contribution >= 0.6 is 0 Å². The third-order valence-electron chi connectivity index (χ3n) is 1.97. The molecule has 0 unspecified atom stereocenters. The Bertz CT molecular complexity index is 331. The van der Waals surface area contributed by atoms with Crippen molar-refractivity contribution < 1.29 is 23.7 Å². The maximum atomic E-state index is 11.5. The van der Waals surface area contributed by atoms with E-state index in [2.05, 4.69) is 4.74 Å². The molecule has 0 N–H and O–H groups in total. The van der Waals surface area contributed by atoms with Crippen molar-refractivity contribution in [3.63, 3.8) is 0 Å². The van der Waals surface area contributed by atoms with Crippen molar-refractivity contribution in [2.45, 2.75) is 5.97 Å². The van der Waals surface area contributed by atoms with Crippen molar-refractivity contribution in [1.82, 2.24) is 0 Å². The molecule has 0 aliphatic heterocycles. The summed E-state index contributed by atoms with van der Waals surface area (Å²) in [7, 11) is 3.82. The van der Waals surface area contributed by atoms with Crippen molar-refractivity contribution in [2.24, 2.45) is 0 Å². The van der Waals surface area contributed by atoms with Crippen LogP contribution in [0.5, 0.6) is 5.75 Å². The van der Waals surface area contributed by atoms with Gasteiger partial charge in [-0.05, 0) is 12.1 Å². The van der Waals surface area contributed by atoms with E-state index < -0.39 is 11.9 Å². The molecule has 16 heavy (non-hydrogen) atoms. The summed E-state index contributed by atoms with van der Waals surface area (Å²) in [4.78, 5) is 11.5. The van der Waals surface area contributed by atoms with Gasteiger partial charge in [0.2, 0.25) is 0 Å². The Morgan fingerprint density at radius 3 is 2.06 bits per heavy atom. The Morgan fingerprint density at radius 2 is 1.62 bits per heavy atom. The molecule has 0 saturated carbocycles. The molecule has 0 fully saturated rings. The molecular weight excluding hydrogens is 212 g/mol. The summed E-state index contributed by atoms with van der Waals surface area (Å²) in [5, 5.41) is 0. The summed E-state index contributed by atoms with van der Waals surface area (Å²) in [5.74, 6) is -2.19. The van der Waals surface area contributed by atoms with Gasteiger partial charge in [0.25, 0.3) is 0 Å². The van der Waals surface area contributed by atoms with Gasteiger partial charge in [0.15, 0.2) is 0 Å². The Hall–Kier alpha value is -1.59. The summed E-state index contributed by atoms with van der Waals surface area (Å²) in [6.45, 7) is 0. The van der Waals surface area contributed by atoms with Crippen LogP contribution in [0.25, 0.3) is 0 Å². The molecule has 1 aromatic carbocycles. The summed E-state index contributed by atoms with van der Waals surface area (Å²) in [6, 6.07) is 8.71. The summed E-state index contributed by atoms with van der Waals surface area (Å²) in [5.41, 5.74) is 0. The number of rotatable bonds is 5. The zero-order valence-electron chi connectivity index (χ0n) is 9.43. The molecule has 1 rings (SSSR count). The van der Waals surface area contributed by atoms with Crippen molar-refractivity contribution in [1.29, 1.82) is 0 Å². The minimum atomic E-state index is -1.86. The molecule has 0 amide bonds. The molecular formula is C11H14O5. The van der Waals surface area contributed by atoms with Crippen molar-refractivity contribution in [3.8, 4) is 5.75 Å². The van der Waals surface area contributed by atoms with Gasteiger partial charge in [-0.2, -0.15) is 0 Å². The topological polar surface area (TPSA) is 54.0 Å². The number of methoxy groups -OCH3 is 3. The van der Waals surface area contributed by atoms with Crippen LogP contribution in [0.1, 0.15) is 0 Å². The van der Waals surface area contributed by atoms with Crippen LogP contribution in [-0.2, 0) is 19.0 Å². The normalized spacial score (nSPS) is 10.9. The molecule has 0 atom stereocenters. The molecule has 0 aliphatic carbocycles. The Morgan fingerprint density at radius 1 is 1.06 bits per heavy atom. The average molecular weight is 226 g/mol. The summed E-state index contributed by atoms with van der Waals surface area (Å²) in [6.07, 6.45) is 0. The molecule has 0 spiro atoms. The number of esters is 1. The van der Waals surface area contributed by atoms with Gasteiger partial charge in [-0.25, -0.2) is 4.79 Å². The molecule has 5 nitrogen and oxygen atoms in total. The lowest BCUT2D eigenvalue weighted by molar-refractivity contribution is -0.311. The highest BCUT2D eigenvalue weighted by molar-refractivity contribution is 5.76. The monoisotopic (exact) mass is 226 g/mol. The van der Waals surface area contributed by atoms with Gasteiger partial charge < -0.3 is 18.9 Å². The number of hydrogen-bond acceptors (Lipinski definition) is 5. The van der Waals surface area contributed by atoms with Crippen LogP contribution in [-0.4, -0.2) is 33.3 Å². The average Bonchev–Trinajstić information content (AvgIpc) is 2.36. The van der Waals surface area contributed by atoms with Crippen LogP contribution in [0.15, 0.2) is 30.3 Å². The third-order valence-corrected chi connectivity index (χ3v) is 1.97. The predicted molar refractivity (Wildman–Crippen MR) is 55.8 cm³/mol. The lowest BCUT2D eigenvalue weighted by atomic mass is 10.3. The van der Waals surface area contributed by atoms with E-state index in [0.29, 0.717) is 5.75 Å². The Balaban J connectivity index is 2.91. The first kappa shape index (κ1) is 12.5. The number of benzene rings is 1. The lowest BCUT2D eigenvalue weighted by Gasteiger charge is -2.27. The van der Waals surface area contributed by atoms with Crippen LogP contribution < -0.4 is 4.74 Å². The van der Waals surface area contributed by atoms with Gasteiger partial charge in [-0.15, -0.1) is 0 Å². The molecule has 0 saturated heterocycles. The van der Waals surface area contributed by atoms with Gasteiger partial charge in [0.05, 0.1) is 7.11 Å². The van der Waals surface area contributed by atoms with E-state index in [-0.39, 0.29) is 0 Å². The highest BCUT2D eigenvalue weighted by Gasteiger charge is 2.44. The van der Waals surface area contributed by atoms with E-state index in [0.717, 1.165) is 0 Å². The zero-order chi connectivity index (χ0) is 12.0. The SMILES string of the molecule is COC(=O)C(OC)(OC)Oc1ccccc1. The number of ether oxygens (including phenoxy) is 4. The maximum absolute atomic E-state index is 11.5. The fraction of sp³-hybridized carbons (Fsp3) is 0.364. The molecule has 5 heteroatoms. The standard InChI is InChI=1S/C11H14O5/c1-13-10(12)11(14-2,15-3)16-9-7-5-4-6-8-9/h4-8H,1-3H3. The maximum Gasteiger partial charge on any atom is 0.431 e. The van der Waals surface area contributed by atoms with Gasteiger partial charge in [-0.3, -0.25) is 0 Å². The van der Waals surface area contributed by atoms with Crippen LogP contribution in [0.4, 0.5) is 0 Å². The van der Waals surface area contributed by atoms with E-state index in [1.807, 2.05) is 6.07 Å². The molecule has 1 aromatic rings. The van der Waals surface area contributed by atoms with E-state index in [1.165, 1.54) is 21.3 Å². The molecule has 0 radical (unpaired) electrons. The molecule has 0 aromatic heterocycles. The van der Waals surface area contributed by atoms with Gasteiger partial charge in [-0.1, -0.05) is 18.2 Å². The van der Waals surface area contributed by atoms with E-state index in [1.54, 1.807) is 24.3 Å². The summed E-state index contributed by atoms with van der Waals surface area (Å²) < 4.78 is 19.7. The van der Waals surface area contributed by atoms with E-state index in [4.69, 9.17) is 14.2 Å².